The summed E-state index contributed by atoms with van der Waals surface area (Å²) in [5, 5.41) is 6.40. The van der Waals surface area contributed by atoms with Crippen LogP contribution in [0.2, 0.25) is 0 Å². The topological polar surface area (TPSA) is 81.8 Å². The van der Waals surface area contributed by atoms with Gasteiger partial charge >= 0.3 is 6.03 Å². The first-order valence-electron chi connectivity index (χ1n) is 12.0. The van der Waals surface area contributed by atoms with Crippen LogP contribution in [0.4, 0.5) is 10.5 Å². The van der Waals surface area contributed by atoms with Crippen molar-refractivity contribution in [1.29, 1.82) is 0 Å². The quantitative estimate of drug-likeness (QED) is 0.662. The highest BCUT2D eigenvalue weighted by Crippen LogP contribution is 2.45. The first-order valence-corrected chi connectivity index (χ1v) is 12.0. The Labute approximate surface area is 190 Å². The Balaban J connectivity index is 1.32. The minimum absolute atomic E-state index is 0.163. The Morgan fingerprint density at radius 1 is 1.16 bits per heavy atom. The van der Waals surface area contributed by atoms with Gasteiger partial charge in [0.1, 0.15) is 12.1 Å². The van der Waals surface area contributed by atoms with E-state index in [0.29, 0.717) is 31.8 Å². The zero-order valence-electron chi connectivity index (χ0n) is 19.5. The maximum atomic E-state index is 13.2. The Bertz CT molecular complexity index is 861. The molecule has 2 aliphatic heterocycles. The van der Waals surface area contributed by atoms with Crippen LogP contribution in [0.15, 0.2) is 30.3 Å². The van der Waals surface area contributed by atoms with Gasteiger partial charge in [-0.15, -0.1) is 0 Å². The van der Waals surface area contributed by atoms with Gasteiger partial charge in [-0.3, -0.25) is 14.5 Å². The number of nitrogens with one attached hydrogen (secondary N) is 2. The Morgan fingerprint density at radius 2 is 1.84 bits per heavy atom. The van der Waals surface area contributed by atoms with Crippen molar-refractivity contribution in [3.63, 3.8) is 0 Å². The van der Waals surface area contributed by atoms with Gasteiger partial charge in [0.05, 0.1) is 0 Å². The van der Waals surface area contributed by atoms with Crippen LogP contribution in [-0.4, -0.2) is 58.9 Å². The molecule has 1 saturated carbocycles. The molecule has 3 aliphatic rings. The summed E-state index contributed by atoms with van der Waals surface area (Å²) < 4.78 is 0. The minimum atomic E-state index is -0.819. The van der Waals surface area contributed by atoms with Gasteiger partial charge in [0.2, 0.25) is 5.91 Å². The molecule has 174 valence electrons. The molecular weight excluding hydrogens is 404 g/mol. The van der Waals surface area contributed by atoms with Gasteiger partial charge in [-0.25, -0.2) is 4.79 Å². The Kier molecular flexibility index (Phi) is 6.19. The third-order valence-electron chi connectivity index (χ3n) is 8.08. The van der Waals surface area contributed by atoms with Crippen LogP contribution in [-0.2, 0) is 9.59 Å². The molecule has 1 atom stereocenters. The average Bonchev–Trinajstić information content (AvgIpc) is 3.34. The van der Waals surface area contributed by atoms with Crippen LogP contribution in [0.1, 0.15) is 59.3 Å². The number of carbonyl (C=O) groups excluding carboxylic acids is 3. The van der Waals surface area contributed by atoms with Gasteiger partial charge in [0.15, 0.2) is 0 Å². The third kappa shape index (κ3) is 4.34. The van der Waals surface area contributed by atoms with Gasteiger partial charge in [-0.1, -0.05) is 45.4 Å². The summed E-state index contributed by atoms with van der Waals surface area (Å²) in [7, 11) is 0. The zero-order chi connectivity index (χ0) is 22.9. The van der Waals surface area contributed by atoms with E-state index in [0.717, 1.165) is 36.3 Å². The molecule has 0 aromatic heterocycles. The molecule has 4 rings (SSSR count). The fourth-order valence-corrected chi connectivity index (χ4v) is 5.45. The first-order chi connectivity index (χ1) is 15.2. The number of amides is 4. The number of hydrogen-bond donors (Lipinski definition) is 2. The highest BCUT2D eigenvalue weighted by Gasteiger charge is 2.54. The molecule has 2 heterocycles. The molecule has 7 heteroatoms. The van der Waals surface area contributed by atoms with Gasteiger partial charge in [0.25, 0.3) is 5.91 Å². The Hall–Kier alpha value is -2.57. The fraction of sp³-hybridized carbons (Fsp3) is 0.640. The molecular formula is C25H36N4O3. The lowest BCUT2D eigenvalue weighted by Crippen LogP contribution is -2.51. The van der Waals surface area contributed by atoms with Crippen molar-refractivity contribution in [2.75, 3.05) is 25.0 Å². The number of hydrogen-bond acceptors (Lipinski definition) is 4. The number of imide groups is 1. The largest absolute Gasteiger partial charge is 0.380 e. The van der Waals surface area contributed by atoms with E-state index in [1.54, 1.807) is 4.90 Å². The van der Waals surface area contributed by atoms with Crippen molar-refractivity contribution >= 4 is 23.5 Å². The van der Waals surface area contributed by atoms with Crippen molar-refractivity contribution in [3.8, 4) is 0 Å². The number of carbonyl (C=O) groups is 3. The predicted octanol–water partition coefficient (Wildman–Crippen LogP) is 3.62. The monoisotopic (exact) mass is 440 g/mol. The molecule has 32 heavy (non-hydrogen) atoms. The fourth-order valence-electron chi connectivity index (χ4n) is 5.45. The number of nitrogens with zero attached hydrogens (tertiary/aromatic N) is 2. The normalized spacial score (nSPS) is 28.3. The summed E-state index contributed by atoms with van der Waals surface area (Å²) in [6, 6.07) is 9.69. The molecule has 1 spiro atoms. The van der Waals surface area contributed by atoms with Crippen molar-refractivity contribution < 1.29 is 14.4 Å². The second kappa shape index (κ2) is 8.75. The first kappa shape index (κ1) is 22.6. The number of urea groups is 1. The lowest BCUT2D eigenvalue weighted by atomic mass is 9.65. The number of anilines is 1. The highest BCUT2D eigenvalue weighted by molar-refractivity contribution is 6.09. The summed E-state index contributed by atoms with van der Waals surface area (Å²) in [6.07, 6.45) is 5.11. The minimum Gasteiger partial charge on any atom is -0.380 e. The molecule has 1 unspecified atom stereocenters. The van der Waals surface area contributed by atoms with E-state index in [2.05, 4.69) is 31.4 Å². The summed E-state index contributed by atoms with van der Waals surface area (Å²) >= 11 is 0. The number of rotatable bonds is 6. The maximum absolute atomic E-state index is 13.2. The smallest absolute Gasteiger partial charge is 0.325 e. The number of likely N-dealkylation sites (tertiary alicyclic amines) is 1. The lowest BCUT2D eigenvalue weighted by molar-refractivity contribution is -0.139. The van der Waals surface area contributed by atoms with Crippen molar-refractivity contribution in [3.05, 3.63) is 30.3 Å². The molecule has 4 amide bonds. The predicted molar refractivity (Wildman–Crippen MR) is 124 cm³/mol. The highest BCUT2D eigenvalue weighted by atomic mass is 16.2. The standard InChI is InChI=1S/C25H36N4O3/c1-4-24(2,3)18-10-13-25(14-11-18)22(31)29(23(32)27-25)17-21(30)28-15-12-20(16-28)26-19-8-6-5-7-9-19/h5-9,18,20,26H,4,10-17H2,1-3H3,(H,27,32). The van der Waals surface area contributed by atoms with E-state index in [1.807, 2.05) is 30.3 Å². The van der Waals surface area contributed by atoms with E-state index >= 15 is 0 Å². The van der Waals surface area contributed by atoms with Crippen molar-refractivity contribution in [2.24, 2.45) is 11.3 Å². The second-order valence-corrected chi connectivity index (χ2v) is 10.4. The Morgan fingerprint density at radius 3 is 2.50 bits per heavy atom. The van der Waals surface area contributed by atoms with Crippen LogP contribution < -0.4 is 10.6 Å². The van der Waals surface area contributed by atoms with E-state index in [4.69, 9.17) is 0 Å². The molecule has 7 nitrogen and oxygen atoms in total. The molecule has 0 bridgehead atoms. The van der Waals surface area contributed by atoms with Crippen LogP contribution in [0.3, 0.4) is 0 Å². The van der Waals surface area contributed by atoms with E-state index in [1.165, 1.54) is 0 Å². The van der Waals surface area contributed by atoms with Crippen LogP contribution in [0, 0.1) is 11.3 Å². The molecule has 2 saturated heterocycles. The third-order valence-corrected chi connectivity index (χ3v) is 8.08. The number of para-hydroxylation sites is 1. The van der Waals surface area contributed by atoms with Crippen molar-refractivity contribution in [2.45, 2.75) is 70.9 Å². The summed E-state index contributed by atoms with van der Waals surface area (Å²) in [5.41, 5.74) is 0.452. The molecule has 0 radical (unpaired) electrons. The van der Waals surface area contributed by atoms with Crippen LogP contribution in [0.25, 0.3) is 0 Å². The second-order valence-electron chi connectivity index (χ2n) is 10.4. The van der Waals surface area contributed by atoms with E-state index < -0.39 is 11.6 Å². The number of benzene rings is 1. The van der Waals surface area contributed by atoms with E-state index in [-0.39, 0.29) is 29.8 Å². The lowest BCUT2D eigenvalue weighted by Gasteiger charge is -2.42. The van der Waals surface area contributed by atoms with Gasteiger partial charge in [-0.05, 0) is 55.6 Å². The van der Waals surface area contributed by atoms with Crippen LogP contribution >= 0.6 is 0 Å². The van der Waals surface area contributed by atoms with Gasteiger partial charge < -0.3 is 15.5 Å². The SMILES string of the molecule is CCC(C)(C)C1CCC2(CC1)NC(=O)N(CC(=O)N1CCC(Nc3ccccc3)C1)C2=O. The molecule has 1 aromatic carbocycles. The van der Waals surface area contributed by atoms with Gasteiger partial charge in [-0.2, -0.15) is 0 Å². The van der Waals surface area contributed by atoms with Crippen molar-refractivity contribution in [1.82, 2.24) is 15.1 Å². The van der Waals surface area contributed by atoms with Crippen LogP contribution in [0.5, 0.6) is 0 Å². The summed E-state index contributed by atoms with van der Waals surface area (Å²) in [6.45, 7) is 7.81. The van der Waals surface area contributed by atoms with Gasteiger partial charge in [0, 0.05) is 24.8 Å². The van der Waals surface area contributed by atoms with E-state index in [9.17, 15) is 14.4 Å². The zero-order valence-corrected chi connectivity index (χ0v) is 19.5. The average molecular weight is 441 g/mol. The molecule has 3 fully saturated rings. The maximum Gasteiger partial charge on any atom is 0.325 e. The molecule has 1 aliphatic carbocycles. The molecule has 1 aromatic rings. The summed E-state index contributed by atoms with van der Waals surface area (Å²) in [4.78, 5) is 41.7. The molecule has 2 N–H and O–H groups in total. The summed E-state index contributed by atoms with van der Waals surface area (Å²) in [5.74, 6) is 0.169.